The first-order chi connectivity index (χ1) is 27.3. The molecule has 0 saturated carbocycles. The molecule has 0 bridgehead atoms. The molecule has 11 aromatic rings. The van der Waals surface area contributed by atoms with Crippen LogP contribution in [0.15, 0.2) is 209 Å². The Balaban J connectivity index is 1.26. The lowest BCUT2D eigenvalue weighted by molar-refractivity contribution is 0.669. The van der Waals surface area contributed by atoms with Crippen LogP contribution in [0, 0.1) is 0 Å². The SMILES string of the molecule is c1ccc(-c2ccccc2-c2ccccc2N(c2cccc3c2oc2ccccc23)c2cccc3oc4c5ccccc5c(-c5ccccc5)cc4c23)cc1. The molecule has 0 aliphatic rings. The number of rotatable bonds is 6. The second-order valence-corrected chi connectivity index (χ2v) is 14.0. The van der Waals surface area contributed by atoms with Crippen molar-refractivity contribution in [2.24, 2.45) is 0 Å². The van der Waals surface area contributed by atoms with Gasteiger partial charge in [0.2, 0.25) is 0 Å². The van der Waals surface area contributed by atoms with E-state index in [1.165, 1.54) is 22.3 Å². The third kappa shape index (κ3) is 4.98. The van der Waals surface area contributed by atoms with Crippen LogP contribution in [0.1, 0.15) is 0 Å². The van der Waals surface area contributed by atoms with E-state index in [0.29, 0.717) is 0 Å². The summed E-state index contributed by atoms with van der Waals surface area (Å²) in [6.07, 6.45) is 0. The summed E-state index contributed by atoms with van der Waals surface area (Å²) in [6.45, 7) is 0. The van der Waals surface area contributed by atoms with Crippen LogP contribution in [0.25, 0.3) is 88.0 Å². The Morgan fingerprint density at radius 1 is 0.291 bits per heavy atom. The first-order valence-corrected chi connectivity index (χ1v) is 18.7. The molecule has 0 N–H and O–H groups in total. The summed E-state index contributed by atoms with van der Waals surface area (Å²) in [5.74, 6) is 0. The standard InChI is InChI=1S/C52H33NO2/c1-3-17-34(18-4-1)36-21-7-8-22-37(36)39-24-11-13-28-45(39)53(47-30-15-27-42-40-25-12-14-31-48(40)54-52(42)47)46-29-16-32-49-50(46)44-33-43(35-19-5-2-6-20-35)38-23-9-10-26-41(38)51(44)55-49/h1-33H. The minimum absolute atomic E-state index is 0.826. The van der Waals surface area contributed by atoms with Crippen LogP contribution in [0.3, 0.4) is 0 Å². The lowest BCUT2D eigenvalue weighted by Gasteiger charge is -2.29. The molecule has 0 radical (unpaired) electrons. The highest BCUT2D eigenvalue weighted by molar-refractivity contribution is 6.23. The van der Waals surface area contributed by atoms with Gasteiger partial charge < -0.3 is 13.7 Å². The Morgan fingerprint density at radius 3 is 1.60 bits per heavy atom. The summed E-state index contributed by atoms with van der Waals surface area (Å²) in [4.78, 5) is 2.39. The van der Waals surface area contributed by atoms with Gasteiger partial charge in [0.05, 0.1) is 22.4 Å². The largest absolute Gasteiger partial charge is 0.455 e. The molecule has 0 amide bonds. The van der Waals surface area contributed by atoms with E-state index in [2.05, 4.69) is 193 Å². The number of fused-ring (bicyclic) bond motifs is 8. The second-order valence-electron chi connectivity index (χ2n) is 14.0. The molecule has 0 aliphatic heterocycles. The van der Waals surface area contributed by atoms with Crippen molar-refractivity contribution in [2.75, 3.05) is 4.90 Å². The monoisotopic (exact) mass is 703 g/mol. The number of hydrogen-bond donors (Lipinski definition) is 0. The van der Waals surface area contributed by atoms with Crippen molar-refractivity contribution in [2.45, 2.75) is 0 Å². The fraction of sp³-hybridized carbons (Fsp3) is 0. The maximum atomic E-state index is 6.90. The van der Waals surface area contributed by atoms with Gasteiger partial charge in [0.1, 0.15) is 16.7 Å². The number of nitrogens with zero attached hydrogens (tertiary/aromatic N) is 1. The minimum Gasteiger partial charge on any atom is -0.455 e. The van der Waals surface area contributed by atoms with Gasteiger partial charge in [-0.15, -0.1) is 0 Å². The zero-order chi connectivity index (χ0) is 36.3. The third-order valence-corrected chi connectivity index (χ3v) is 10.9. The van der Waals surface area contributed by atoms with E-state index in [0.717, 1.165) is 82.8 Å². The number of para-hydroxylation sites is 3. The average Bonchev–Trinajstić information content (AvgIpc) is 3.84. The van der Waals surface area contributed by atoms with Gasteiger partial charge in [-0.1, -0.05) is 164 Å². The lowest BCUT2D eigenvalue weighted by atomic mass is 9.92. The van der Waals surface area contributed by atoms with Crippen molar-refractivity contribution in [3.63, 3.8) is 0 Å². The van der Waals surface area contributed by atoms with Crippen LogP contribution < -0.4 is 4.90 Å². The number of anilines is 3. The molecule has 0 fully saturated rings. The van der Waals surface area contributed by atoms with E-state index in [9.17, 15) is 0 Å². The summed E-state index contributed by atoms with van der Waals surface area (Å²) >= 11 is 0. The average molecular weight is 704 g/mol. The Bertz CT molecular complexity index is 3210. The second kappa shape index (κ2) is 12.6. The van der Waals surface area contributed by atoms with Crippen LogP contribution in [0.4, 0.5) is 17.1 Å². The molecule has 0 unspecified atom stereocenters. The van der Waals surface area contributed by atoms with E-state index in [-0.39, 0.29) is 0 Å². The fourth-order valence-corrected chi connectivity index (χ4v) is 8.45. The summed E-state index contributed by atoms with van der Waals surface area (Å²) in [7, 11) is 0. The van der Waals surface area contributed by atoms with Crippen molar-refractivity contribution >= 4 is 71.7 Å². The molecule has 2 heterocycles. The summed E-state index contributed by atoms with van der Waals surface area (Å²) in [6, 6.07) is 70.8. The Morgan fingerprint density at radius 2 is 0.800 bits per heavy atom. The van der Waals surface area contributed by atoms with Gasteiger partial charge in [-0.3, -0.25) is 0 Å². The summed E-state index contributed by atoms with van der Waals surface area (Å²) in [5.41, 5.74) is 13.3. The van der Waals surface area contributed by atoms with E-state index in [4.69, 9.17) is 8.83 Å². The third-order valence-electron chi connectivity index (χ3n) is 10.9. The predicted octanol–water partition coefficient (Wildman–Crippen LogP) is 15.1. The molecule has 3 nitrogen and oxygen atoms in total. The first-order valence-electron chi connectivity index (χ1n) is 18.7. The van der Waals surface area contributed by atoms with Crippen LogP contribution in [0.2, 0.25) is 0 Å². The smallest absolute Gasteiger partial charge is 0.159 e. The molecular formula is C52H33NO2. The van der Waals surface area contributed by atoms with Gasteiger partial charge in [0.15, 0.2) is 5.58 Å². The van der Waals surface area contributed by atoms with E-state index >= 15 is 0 Å². The van der Waals surface area contributed by atoms with Crippen molar-refractivity contribution in [3.8, 4) is 33.4 Å². The van der Waals surface area contributed by atoms with E-state index in [1.54, 1.807) is 0 Å². The summed E-state index contributed by atoms with van der Waals surface area (Å²) in [5, 5.41) is 6.51. The van der Waals surface area contributed by atoms with Crippen molar-refractivity contribution in [1.82, 2.24) is 0 Å². The van der Waals surface area contributed by atoms with Gasteiger partial charge in [0.25, 0.3) is 0 Å². The number of benzene rings is 9. The molecule has 3 heteroatoms. The molecule has 55 heavy (non-hydrogen) atoms. The zero-order valence-electron chi connectivity index (χ0n) is 29.8. The Hall–Kier alpha value is -7.36. The molecule has 0 spiro atoms. The van der Waals surface area contributed by atoms with Gasteiger partial charge in [-0.05, 0) is 69.6 Å². The molecule has 0 aliphatic carbocycles. The minimum atomic E-state index is 0.826. The van der Waals surface area contributed by atoms with Crippen LogP contribution >= 0.6 is 0 Å². The maximum absolute atomic E-state index is 6.90. The quantitative estimate of drug-likeness (QED) is 0.173. The summed E-state index contributed by atoms with van der Waals surface area (Å²) < 4.78 is 13.7. The van der Waals surface area contributed by atoms with Gasteiger partial charge in [-0.25, -0.2) is 0 Å². The first kappa shape index (κ1) is 31.2. The molecular weight excluding hydrogens is 671 g/mol. The lowest BCUT2D eigenvalue weighted by Crippen LogP contribution is -2.12. The molecule has 2 aromatic heterocycles. The topological polar surface area (TPSA) is 29.5 Å². The zero-order valence-corrected chi connectivity index (χ0v) is 29.8. The Labute approximate surface area is 317 Å². The van der Waals surface area contributed by atoms with Crippen molar-refractivity contribution in [1.29, 1.82) is 0 Å². The fourth-order valence-electron chi connectivity index (χ4n) is 8.45. The molecule has 9 aromatic carbocycles. The molecule has 0 saturated heterocycles. The van der Waals surface area contributed by atoms with Gasteiger partial charge >= 0.3 is 0 Å². The highest BCUT2D eigenvalue weighted by Gasteiger charge is 2.26. The molecule has 0 atom stereocenters. The predicted molar refractivity (Wildman–Crippen MR) is 229 cm³/mol. The van der Waals surface area contributed by atoms with Crippen LogP contribution in [-0.4, -0.2) is 0 Å². The van der Waals surface area contributed by atoms with Crippen molar-refractivity contribution < 1.29 is 8.83 Å². The van der Waals surface area contributed by atoms with Gasteiger partial charge in [-0.2, -0.15) is 0 Å². The maximum Gasteiger partial charge on any atom is 0.159 e. The van der Waals surface area contributed by atoms with Crippen molar-refractivity contribution in [3.05, 3.63) is 200 Å². The normalized spacial score (nSPS) is 11.6. The van der Waals surface area contributed by atoms with E-state index in [1.807, 2.05) is 12.1 Å². The molecule has 258 valence electrons. The van der Waals surface area contributed by atoms with Crippen LogP contribution in [-0.2, 0) is 0 Å². The number of furan rings is 2. The van der Waals surface area contributed by atoms with Crippen LogP contribution in [0.5, 0.6) is 0 Å². The molecule has 11 rings (SSSR count). The highest BCUT2D eigenvalue weighted by Crippen LogP contribution is 2.51. The Kier molecular flexibility index (Phi) is 7.17. The van der Waals surface area contributed by atoms with E-state index < -0.39 is 0 Å². The number of hydrogen-bond acceptors (Lipinski definition) is 3. The van der Waals surface area contributed by atoms with Gasteiger partial charge in [0, 0.05) is 27.1 Å². The highest BCUT2D eigenvalue weighted by atomic mass is 16.3.